The lowest BCUT2D eigenvalue weighted by Crippen LogP contribution is -2.39. The van der Waals surface area contributed by atoms with Gasteiger partial charge in [0.2, 0.25) is 5.91 Å². The predicted molar refractivity (Wildman–Crippen MR) is 42.2 cm³/mol. The lowest BCUT2D eigenvalue weighted by Gasteiger charge is -2.10. The van der Waals surface area contributed by atoms with Gasteiger partial charge in [0, 0.05) is 6.61 Å². The Labute approximate surface area is 71.5 Å². The van der Waals surface area contributed by atoms with Crippen molar-refractivity contribution in [3.05, 3.63) is 0 Å². The third kappa shape index (κ3) is 2.21. The second kappa shape index (κ2) is 4.07. The number of ether oxygens (including phenoxy) is 1. The first-order chi connectivity index (χ1) is 5.74. The number of nitrogens with zero attached hydrogens (tertiary/aromatic N) is 1. The molecule has 4 heteroatoms. The summed E-state index contributed by atoms with van der Waals surface area (Å²) in [7, 11) is 0. The highest BCUT2D eigenvalue weighted by Gasteiger charge is 2.24. The molecule has 1 N–H and O–H groups in total. The summed E-state index contributed by atoms with van der Waals surface area (Å²) in [6.45, 7) is 2.30. The smallest absolute Gasteiger partial charge is 0.250 e. The second-order valence-corrected chi connectivity index (χ2v) is 2.86. The van der Waals surface area contributed by atoms with Crippen LogP contribution in [0.15, 0.2) is 0 Å². The van der Waals surface area contributed by atoms with Crippen molar-refractivity contribution in [3.63, 3.8) is 0 Å². The maximum Gasteiger partial charge on any atom is 0.250 e. The molecule has 1 fully saturated rings. The van der Waals surface area contributed by atoms with Gasteiger partial charge in [0.15, 0.2) is 0 Å². The van der Waals surface area contributed by atoms with Crippen molar-refractivity contribution in [2.24, 2.45) is 0 Å². The molecule has 66 valence electrons. The molecule has 12 heavy (non-hydrogen) atoms. The Kier molecular flexibility index (Phi) is 3.06. The van der Waals surface area contributed by atoms with Crippen LogP contribution in [-0.2, 0) is 9.53 Å². The SMILES string of the molecule is C[C@@H](C#N)NC(=O)C1CCCO1. The van der Waals surface area contributed by atoms with Crippen molar-refractivity contribution in [1.29, 1.82) is 5.26 Å². The minimum atomic E-state index is -0.429. The van der Waals surface area contributed by atoms with Crippen molar-refractivity contribution in [3.8, 4) is 6.07 Å². The summed E-state index contributed by atoms with van der Waals surface area (Å²) in [6.07, 6.45) is 1.36. The second-order valence-electron chi connectivity index (χ2n) is 2.86. The zero-order valence-corrected chi connectivity index (χ0v) is 7.04. The fourth-order valence-electron chi connectivity index (χ4n) is 1.12. The van der Waals surface area contributed by atoms with Gasteiger partial charge in [0.05, 0.1) is 6.07 Å². The number of hydrogen-bond acceptors (Lipinski definition) is 3. The summed E-state index contributed by atoms with van der Waals surface area (Å²) in [5.41, 5.74) is 0. The van der Waals surface area contributed by atoms with E-state index in [0.29, 0.717) is 6.61 Å². The molecule has 1 heterocycles. The molecule has 0 aromatic carbocycles. The van der Waals surface area contributed by atoms with Crippen molar-refractivity contribution in [2.75, 3.05) is 6.61 Å². The molecule has 1 unspecified atom stereocenters. The average Bonchev–Trinajstić information content (AvgIpc) is 2.56. The van der Waals surface area contributed by atoms with Crippen LogP contribution in [0.5, 0.6) is 0 Å². The number of rotatable bonds is 2. The lowest BCUT2D eigenvalue weighted by molar-refractivity contribution is -0.130. The van der Waals surface area contributed by atoms with Gasteiger partial charge in [-0.1, -0.05) is 0 Å². The first kappa shape index (κ1) is 9.01. The highest BCUT2D eigenvalue weighted by molar-refractivity contribution is 5.81. The monoisotopic (exact) mass is 168 g/mol. The van der Waals surface area contributed by atoms with Gasteiger partial charge in [-0.15, -0.1) is 0 Å². The molecule has 0 radical (unpaired) electrons. The molecule has 0 aromatic heterocycles. The van der Waals surface area contributed by atoms with Gasteiger partial charge in [0.1, 0.15) is 12.1 Å². The van der Waals surface area contributed by atoms with E-state index in [1.54, 1.807) is 6.92 Å². The van der Waals surface area contributed by atoms with Crippen LogP contribution in [-0.4, -0.2) is 24.7 Å². The third-order valence-corrected chi connectivity index (χ3v) is 1.77. The van der Waals surface area contributed by atoms with Crippen molar-refractivity contribution >= 4 is 5.91 Å². The van der Waals surface area contributed by atoms with E-state index >= 15 is 0 Å². The summed E-state index contributed by atoms with van der Waals surface area (Å²) in [6, 6.07) is 1.50. The molecular formula is C8H12N2O2. The summed E-state index contributed by atoms with van der Waals surface area (Å²) in [4.78, 5) is 11.2. The Morgan fingerprint density at radius 2 is 2.58 bits per heavy atom. The topological polar surface area (TPSA) is 62.1 Å². The molecule has 1 amide bonds. The number of nitriles is 1. The summed E-state index contributed by atoms with van der Waals surface area (Å²) >= 11 is 0. The van der Waals surface area contributed by atoms with Gasteiger partial charge < -0.3 is 10.1 Å². The molecule has 0 bridgehead atoms. The maximum atomic E-state index is 11.2. The van der Waals surface area contributed by atoms with Gasteiger partial charge in [-0.2, -0.15) is 5.26 Å². The van der Waals surface area contributed by atoms with Crippen molar-refractivity contribution < 1.29 is 9.53 Å². The Hall–Kier alpha value is -1.08. The molecule has 1 rings (SSSR count). The quantitative estimate of drug-likeness (QED) is 0.640. The summed E-state index contributed by atoms with van der Waals surface area (Å²) < 4.78 is 5.14. The summed E-state index contributed by atoms with van der Waals surface area (Å²) in [5, 5.41) is 11.0. The van der Waals surface area contributed by atoms with Crippen LogP contribution < -0.4 is 5.32 Å². The van der Waals surface area contributed by atoms with Crippen molar-refractivity contribution in [1.82, 2.24) is 5.32 Å². The Morgan fingerprint density at radius 1 is 1.83 bits per heavy atom. The zero-order valence-electron chi connectivity index (χ0n) is 7.04. The van der Waals surface area contributed by atoms with E-state index < -0.39 is 6.04 Å². The highest BCUT2D eigenvalue weighted by atomic mass is 16.5. The number of carbonyl (C=O) groups excluding carboxylic acids is 1. The fraction of sp³-hybridized carbons (Fsp3) is 0.750. The van der Waals surface area contributed by atoms with E-state index in [1.165, 1.54) is 0 Å². The zero-order chi connectivity index (χ0) is 8.97. The van der Waals surface area contributed by atoms with E-state index in [1.807, 2.05) is 6.07 Å². The minimum Gasteiger partial charge on any atom is -0.368 e. The summed E-state index contributed by atoms with van der Waals surface area (Å²) in [5.74, 6) is -0.165. The van der Waals surface area contributed by atoms with E-state index in [0.717, 1.165) is 12.8 Å². The first-order valence-corrected chi connectivity index (χ1v) is 4.05. The van der Waals surface area contributed by atoms with E-state index in [-0.39, 0.29) is 12.0 Å². The fourth-order valence-corrected chi connectivity index (χ4v) is 1.12. The number of carbonyl (C=O) groups is 1. The first-order valence-electron chi connectivity index (χ1n) is 4.05. The van der Waals surface area contributed by atoms with Crippen LogP contribution >= 0.6 is 0 Å². The van der Waals surface area contributed by atoms with Crippen LogP contribution in [0.25, 0.3) is 0 Å². The largest absolute Gasteiger partial charge is 0.368 e. The predicted octanol–water partition coefficient (Wildman–Crippen LogP) is 0.194. The van der Waals surface area contributed by atoms with Gasteiger partial charge >= 0.3 is 0 Å². The van der Waals surface area contributed by atoms with Gasteiger partial charge in [-0.3, -0.25) is 4.79 Å². The standard InChI is InChI=1S/C8H12N2O2/c1-6(5-9)10-8(11)7-3-2-4-12-7/h6-7H,2-4H2,1H3,(H,10,11)/t6-,7?/m0/s1. The Balaban J connectivity index is 2.33. The number of nitrogens with one attached hydrogen (secondary N) is 1. The van der Waals surface area contributed by atoms with Crippen LogP contribution in [0.3, 0.4) is 0 Å². The van der Waals surface area contributed by atoms with Gasteiger partial charge in [-0.25, -0.2) is 0 Å². The van der Waals surface area contributed by atoms with Crippen LogP contribution in [0.1, 0.15) is 19.8 Å². The maximum absolute atomic E-state index is 11.2. The average molecular weight is 168 g/mol. The molecule has 0 spiro atoms. The minimum absolute atomic E-state index is 0.165. The molecule has 0 saturated carbocycles. The Bertz CT molecular complexity index is 204. The molecule has 2 atom stereocenters. The Morgan fingerprint density at radius 3 is 3.08 bits per heavy atom. The van der Waals surface area contributed by atoms with Crippen molar-refractivity contribution in [2.45, 2.75) is 31.9 Å². The van der Waals surface area contributed by atoms with Crippen LogP contribution in [0.2, 0.25) is 0 Å². The lowest BCUT2D eigenvalue weighted by atomic mass is 10.2. The van der Waals surface area contributed by atoms with Crippen LogP contribution in [0, 0.1) is 11.3 Å². The molecule has 1 saturated heterocycles. The molecule has 0 aromatic rings. The number of amides is 1. The molecule has 4 nitrogen and oxygen atoms in total. The molecule has 1 aliphatic heterocycles. The van der Waals surface area contributed by atoms with E-state index in [2.05, 4.69) is 5.32 Å². The van der Waals surface area contributed by atoms with Gasteiger partial charge in [-0.05, 0) is 19.8 Å². The highest BCUT2D eigenvalue weighted by Crippen LogP contribution is 2.11. The molecule has 0 aliphatic carbocycles. The number of hydrogen-bond donors (Lipinski definition) is 1. The third-order valence-electron chi connectivity index (χ3n) is 1.77. The van der Waals surface area contributed by atoms with Crippen LogP contribution in [0.4, 0.5) is 0 Å². The van der Waals surface area contributed by atoms with E-state index in [9.17, 15) is 4.79 Å². The van der Waals surface area contributed by atoms with E-state index in [4.69, 9.17) is 10.00 Å². The molecule has 1 aliphatic rings. The van der Waals surface area contributed by atoms with Gasteiger partial charge in [0.25, 0.3) is 0 Å². The molecular weight excluding hydrogens is 156 g/mol. The normalized spacial score (nSPS) is 24.5.